The van der Waals surface area contributed by atoms with E-state index in [9.17, 15) is 0 Å². The Hall–Kier alpha value is -2.38. The lowest BCUT2D eigenvalue weighted by atomic mass is 9.99. The van der Waals surface area contributed by atoms with Crippen molar-refractivity contribution >= 4 is 5.82 Å². The van der Waals surface area contributed by atoms with Gasteiger partial charge < -0.3 is 10.2 Å². The van der Waals surface area contributed by atoms with Gasteiger partial charge in [0.25, 0.3) is 0 Å². The fraction of sp³-hybridized carbons (Fsp3) is 0.400. The van der Waals surface area contributed by atoms with E-state index in [4.69, 9.17) is 5.26 Å². The molecule has 1 aromatic carbocycles. The third kappa shape index (κ3) is 4.12. The second-order valence-electron chi connectivity index (χ2n) is 6.50. The Morgan fingerprint density at radius 3 is 2.58 bits per heavy atom. The predicted octanol–water partition coefficient (Wildman–Crippen LogP) is 3.32. The number of nitrogens with one attached hydrogen (secondary N) is 1. The zero-order valence-electron chi connectivity index (χ0n) is 14.2. The van der Waals surface area contributed by atoms with Crippen LogP contribution in [0.4, 0.5) is 5.82 Å². The molecule has 3 rings (SSSR count). The molecule has 0 saturated carbocycles. The molecule has 1 atom stereocenters. The highest BCUT2D eigenvalue weighted by molar-refractivity contribution is 5.42. The molecule has 1 fully saturated rings. The zero-order chi connectivity index (χ0) is 16.8. The molecule has 4 heteroatoms. The van der Waals surface area contributed by atoms with Crippen LogP contribution in [0.2, 0.25) is 0 Å². The monoisotopic (exact) mass is 320 g/mol. The van der Waals surface area contributed by atoms with E-state index < -0.39 is 0 Å². The van der Waals surface area contributed by atoms with Crippen LogP contribution < -0.4 is 10.2 Å². The van der Waals surface area contributed by atoms with Crippen LogP contribution in [-0.4, -0.2) is 30.7 Å². The highest BCUT2D eigenvalue weighted by Gasteiger charge is 2.20. The van der Waals surface area contributed by atoms with Crippen LogP contribution in [0.1, 0.15) is 36.8 Å². The summed E-state index contributed by atoms with van der Waals surface area (Å²) in [4.78, 5) is 6.70. The number of piperidine rings is 1. The molecule has 24 heavy (non-hydrogen) atoms. The number of nitriles is 1. The maximum atomic E-state index is 8.85. The third-order valence-electron chi connectivity index (χ3n) is 4.78. The molecule has 2 aromatic rings. The van der Waals surface area contributed by atoms with Crippen molar-refractivity contribution < 1.29 is 0 Å². The van der Waals surface area contributed by atoms with Crippen LogP contribution in [0.5, 0.6) is 0 Å². The smallest absolute Gasteiger partial charge is 0.128 e. The summed E-state index contributed by atoms with van der Waals surface area (Å²) in [5.74, 6) is 1.51. The van der Waals surface area contributed by atoms with Gasteiger partial charge in [-0.15, -0.1) is 0 Å². The first kappa shape index (κ1) is 16.5. The largest absolute Gasteiger partial charge is 0.357 e. The summed E-state index contributed by atoms with van der Waals surface area (Å²) in [5, 5.41) is 12.6. The number of hydrogen-bond acceptors (Lipinski definition) is 4. The highest BCUT2D eigenvalue weighted by Crippen LogP contribution is 2.19. The van der Waals surface area contributed by atoms with Gasteiger partial charge in [-0.25, -0.2) is 4.98 Å². The lowest BCUT2D eigenvalue weighted by Gasteiger charge is -2.33. The van der Waals surface area contributed by atoms with Crippen molar-refractivity contribution in [3.63, 3.8) is 0 Å². The lowest BCUT2D eigenvalue weighted by molar-refractivity contribution is 0.405. The number of hydrogen-bond donors (Lipinski definition) is 1. The van der Waals surface area contributed by atoms with Crippen molar-refractivity contribution in [1.29, 1.82) is 5.26 Å². The summed E-state index contributed by atoms with van der Waals surface area (Å²) in [5.41, 5.74) is 2.01. The first-order chi connectivity index (χ1) is 11.8. The molecule has 0 unspecified atom stereocenters. The fourth-order valence-electron chi connectivity index (χ4n) is 3.19. The molecule has 0 amide bonds. The molecule has 0 radical (unpaired) electrons. The number of nitrogens with zero attached hydrogens (tertiary/aromatic N) is 3. The van der Waals surface area contributed by atoms with E-state index in [-0.39, 0.29) is 0 Å². The molecule has 1 saturated heterocycles. The van der Waals surface area contributed by atoms with E-state index in [0.29, 0.717) is 17.5 Å². The highest BCUT2D eigenvalue weighted by atomic mass is 15.2. The van der Waals surface area contributed by atoms with Crippen LogP contribution in [0, 0.1) is 11.3 Å². The Kier molecular flexibility index (Phi) is 5.45. The summed E-state index contributed by atoms with van der Waals surface area (Å²) in [6.07, 6.45) is 3.91. The molecule has 2 heterocycles. The first-order valence-electron chi connectivity index (χ1n) is 8.65. The summed E-state index contributed by atoms with van der Waals surface area (Å²) >= 11 is 0. The van der Waals surface area contributed by atoms with Gasteiger partial charge in [-0.05, 0) is 36.5 Å². The van der Waals surface area contributed by atoms with Gasteiger partial charge in [0.1, 0.15) is 11.9 Å². The van der Waals surface area contributed by atoms with Crippen molar-refractivity contribution in [1.82, 2.24) is 10.3 Å². The van der Waals surface area contributed by atoms with Crippen molar-refractivity contribution in [2.24, 2.45) is 0 Å². The molecular formula is C20H24N4. The van der Waals surface area contributed by atoms with Gasteiger partial charge in [0.2, 0.25) is 0 Å². The summed E-state index contributed by atoms with van der Waals surface area (Å²) in [6.45, 7) is 5.31. The molecule has 4 nitrogen and oxygen atoms in total. The second-order valence-corrected chi connectivity index (χ2v) is 6.50. The van der Waals surface area contributed by atoms with E-state index in [0.717, 1.165) is 38.3 Å². The number of rotatable bonds is 5. The topological polar surface area (TPSA) is 52.0 Å². The maximum Gasteiger partial charge on any atom is 0.128 e. The van der Waals surface area contributed by atoms with Gasteiger partial charge in [-0.2, -0.15) is 5.26 Å². The lowest BCUT2D eigenvalue weighted by Crippen LogP contribution is -2.43. The van der Waals surface area contributed by atoms with Crippen LogP contribution >= 0.6 is 0 Å². The van der Waals surface area contributed by atoms with Gasteiger partial charge in [0.05, 0.1) is 5.56 Å². The Bertz CT molecular complexity index is 667. The first-order valence-corrected chi connectivity index (χ1v) is 8.65. The summed E-state index contributed by atoms with van der Waals surface area (Å²) < 4.78 is 0. The van der Waals surface area contributed by atoms with E-state index in [1.807, 2.05) is 12.1 Å². The van der Waals surface area contributed by atoms with Gasteiger partial charge in [0, 0.05) is 31.9 Å². The van der Waals surface area contributed by atoms with Crippen LogP contribution in [0.3, 0.4) is 0 Å². The Morgan fingerprint density at radius 1 is 1.21 bits per heavy atom. The second kappa shape index (κ2) is 7.94. The average Bonchev–Trinajstić information content (AvgIpc) is 2.67. The molecule has 124 valence electrons. The van der Waals surface area contributed by atoms with Crippen molar-refractivity contribution in [3.8, 4) is 6.07 Å². The number of anilines is 1. The van der Waals surface area contributed by atoms with E-state index >= 15 is 0 Å². The molecule has 1 aliphatic heterocycles. The number of benzene rings is 1. The van der Waals surface area contributed by atoms with Crippen LogP contribution in [0.15, 0.2) is 48.7 Å². The van der Waals surface area contributed by atoms with Gasteiger partial charge in [-0.1, -0.05) is 37.3 Å². The van der Waals surface area contributed by atoms with Crippen molar-refractivity contribution in [2.75, 3.05) is 24.5 Å². The van der Waals surface area contributed by atoms with E-state index in [1.165, 1.54) is 5.56 Å². The number of pyridine rings is 1. The minimum Gasteiger partial charge on any atom is -0.357 e. The molecule has 1 aliphatic rings. The number of aromatic nitrogens is 1. The summed E-state index contributed by atoms with van der Waals surface area (Å²) in [6, 6.07) is 17.2. The average molecular weight is 320 g/mol. The predicted molar refractivity (Wildman–Crippen MR) is 97.0 cm³/mol. The van der Waals surface area contributed by atoms with Crippen molar-refractivity contribution in [2.45, 2.75) is 31.7 Å². The quantitative estimate of drug-likeness (QED) is 0.918. The minimum atomic E-state index is 0.532. The Labute approximate surface area is 144 Å². The normalized spacial score (nSPS) is 16.6. The van der Waals surface area contributed by atoms with Gasteiger partial charge in [0.15, 0.2) is 0 Å². The minimum absolute atomic E-state index is 0.532. The fourth-order valence-corrected chi connectivity index (χ4v) is 3.19. The maximum absolute atomic E-state index is 8.85. The summed E-state index contributed by atoms with van der Waals surface area (Å²) in [7, 11) is 0. The van der Waals surface area contributed by atoms with E-state index in [1.54, 1.807) is 6.20 Å². The molecule has 1 N–H and O–H groups in total. The van der Waals surface area contributed by atoms with Crippen molar-refractivity contribution in [3.05, 3.63) is 59.8 Å². The van der Waals surface area contributed by atoms with E-state index in [2.05, 4.69) is 58.5 Å². The standard InChI is InChI=1S/C20H24N4/c1-16(18-5-3-2-4-6-18)14-22-19-9-11-24(12-10-19)20-8-7-17(13-21)15-23-20/h2-8,15-16,19,22H,9-12,14H2,1H3/t16-/m1/s1. The van der Waals surface area contributed by atoms with Crippen LogP contribution in [-0.2, 0) is 0 Å². The Balaban J connectivity index is 1.46. The Morgan fingerprint density at radius 2 is 1.96 bits per heavy atom. The van der Waals surface area contributed by atoms with Gasteiger partial charge in [-0.3, -0.25) is 0 Å². The van der Waals surface area contributed by atoms with Crippen LogP contribution in [0.25, 0.3) is 0 Å². The van der Waals surface area contributed by atoms with Gasteiger partial charge >= 0.3 is 0 Å². The molecule has 0 bridgehead atoms. The third-order valence-corrected chi connectivity index (χ3v) is 4.78. The molecule has 0 spiro atoms. The molecule has 0 aliphatic carbocycles. The zero-order valence-corrected chi connectivity index (χ0v) is 14.2. The SMILES string of the molecule is C[C@H](CNC1CCN(c2ccc(C#N)cn2)CC1)c1ccccc1. The molecule has 1 aromatic heterocycles. The molecular weight excluding hydrogens is 296 g/mol.